The van der Waals surface area contributed by atoms with Gasteiger partial charge >= 0.3 is 0 Å². The van der Waals surface area contributed by atoms with Gasteiger partial charge in [0.05, 0.1) is 7.11 Å². The van der Waals surface area contributed by atoms with Gasteiger partial charge in [0.25, 0.3) is 0 Å². The summed E-state index contributed by atoms with van der Waals surface area (Å²) < 4.78 is 24.5. The first kappa shape index (κ1) is 14.3. The van der Waals surface area contributed by atoms with E-state index >= 15 is 0 Å². The number of halogens is 1. The van der Waals surface area contributed by atoms with Crippen molar-refractivity contribution in [3.8, 4) is 11.5 Å². The fourth-order valence-corrected chi connectivity index (χ4v) is 1.91. The highest BCUT2D eigenvalue weighted by molar-refractivity contribution is 5.34. The van der Waals surface area contributed by atoms with Crippen LogP contribution in [-0.2, 0) is 13.2 Å². The van der Waals surface area contributed by atoms with Gasteiger partial charge in [-0.2, -0.15) is 0 Å². The number of hydrogen-bond donors (Lipinski definition) is 1. The quantitative estimate of drug-likeness (QED) is 0.878. The predicted octanol–water partition coefficient (Wildman–Crippen LogP) is 3.13. The van der Waals surface area contributed by atoms with E-state index in [2.05, 4.69) is 5.32 Å². The first-order valence-electron chi connectivity index (χ1n) is 6.42. The van der Waals surface area contributed by atoms with Crippen LogP contribution in [0.25, 0.3) is 0 Å². The number of hydrogen-bond acceptors (Lipinski definition) is 3. The molecule has 4 heteroatoms. The molecule has 0 saturated heterocycles. The summed E-state index contributed by atoms with van der Waals surface area (Å²) in [5.41, 5.74) is 1.55. The summed E-state index contributed by atoms with van der Waals surface area (Å²) in [6.07, 6.45) is 0. The molecule has 0 amide bonds. The van der Waals surface area contributed by atoms with Gasteiger partial charge in [0, 0.05) is 23.7 Å². The van der Waals surface area contributed by atoms with Gasteiger partial charge in [-0.05, 0) is 25.2 Å². The van der Waals surface area contributed by atoms with Crippen LogP contribution < -0.4 is 14.8 Å². The minimum absolute atomic E-state index is 0.191. The molecule has 20 heavy (non-hydrogen) atoms. The molecule has 0 bridgehead atoms. The van der Waals surface area contributed by atoms with Crippen molar-refractivity contribution in [1.82, 2.24) is 5.32 Å². The molecule has 0 spiro atoms. The summed E-state index contributed by atoms with van der Waals surface area (Å²) in [5, 5.41) is 3.08. The molecule has 0 aliphatic heterocycles. The van der Waals surface area contributed by atoms with Crippen molar-refractivity contribution >= 4 is 0 Å². The lowest BCUT2D eigenvalue weighted by atomic mass is 10.2. The molecule has 1 N–H and O–H groups in total. The van der Waals surface area contributed by atoms with Crippen molar-refractivity contribution < 1.29 is 13.9 Å². The van der Waals surface area contributed by atoms with E-state index in [0.717, 1.165) is 11.3 Å². The average Bonchev–Trinajstić information content (AvgIpc) is 2.47. The van der Waals surface area contributed by atoms with Crippen molar-refractivity contribution in [2.24, 2.45) is 0 Å². The Morgan fingerprint density at radius 1 is 1.10 bits per heavy atom. The van der Waals surface area contributed by atoms with Crippen molar-refractivity contribution in [3.05, 3.63) is 59.4 Å². The SMILES string of the molecule is CNCc1ccccc1OCc1ccc(OC)cc1F. The minimum Gasteiger partial charge on any atom is -0.497 e. The van der Waals surface area contributed by atoms with Gasteiger partial charge in [0.15, 0.2) is 0 Å². The van der Waals surface area contributed by atoms with Crippen LogP contribution in [0.5, 0.6) is 11.5 Å². The van der Waals surface area contributed by atoms with E-state index in [-0.39, 0.29) is 12.4 Å². The fourth-order valence-electron chi connectivity index (χ4n) is 1.91. The van der Waals surface area contributed by atoms with E-state index < -0.39 is 0 Å². The number of rotatable bonds is 6. The normalized spacial score (nSPS) is 10.3. The summed E-state index contributed by atoms with van der Waals surface area (Å²) >= 11 is 0. The van der Waals surface area contributed by atoms with Crippen molar-refractivity contribution in [1.29, 1.82) is 0 Å². The van der Waals surface area contributed by atoms with E-state index in [0.29, 0.717) is 17.9 Å². The van der Waals surface area contributed by atoms with Crippen LogP contribution in [0.15, 0.2) is 42.5 Å². The zero-order valence-corrected chi connectivity index (χ0v) is 11.7. The second-order valence-electron chi connectivity index (χ2n) is 4.38. The van der Waals surface area contributed by atoms with E-state index in [9.17, 15) is 4.39 Å². The number of methoxy groups -OCH3 is 1. The maximum Gasteiger partial charge on any atom is 0.133 e. The molecular formula is C16H18FNO2. The second kappa shape index (κ2) is 6.91. The van der Waals surface area contributed by atoms with Crippen LogP contribution in [0.2, 0.25) is 0 Å². The van der Waals surface area contributed by atoms with Gasteiger partial charge in [-0.1, -0.05) is 18.2 Å². The third-order valence-electron chi connectivity index (χ3n) is 2.98. The number of nitrogens with one attached hydrogen (secondary N) is 1. The standard InChI is InChI=1S/C16H18FNO2/c1-18-10-12-5-3-4-6-16(12)20-11-13-7-8-14(19-2)9-15(13)17/h3-9,18H,10-11H2,1-2H3. The summed E-state index contributed by atoms with van der Waals surface area (Å²) in [6.45, 7) is 0.901. The zero-order valence-electron chi connectivity index (χ0n) is 11.7. The third kappa shape index (κ3) is 3.48. The van der Waals surface area contributed by atoms with Gasteiger partial charge in [0.1, 0.15) is 23.9 Å². The van der Waals surface area contributed by atoms with Crippen LogP contribution in [0.1, 0.15) is 11.1 Å². The Balaban J connectivity index is 2.09. The summed E-state index contributed by atoms with van der Waals surface area (Å²) in [4.78, 5) is 0. The molecule has 0 radical (unpaired) electrons. The van der Waals surface area contributed by atoms with Gasteiger partial charge < -0.3 is 14.8 Å². The summed E-state index contributed by atoms with van der Waals surface area (Å²) in [6, 6.07) is 12.5. The smallest absolute Gasteiger partial charge is 0.133 e. The summed E-state index contributed by atoms with van der Waals surface area (Å²) in [7, 11) is 3.39. The largest absolute Gasteiger partial charge is 0.497 e. The molecule has 0 fully saturated rings. The number of ether oxygens (including phenoxy) is 2. The number of para-hydroxylation sites is 1. The first-order chi connectivity index (χ1) is 9.74. The second-order valence-corrected chi connectivity index (χ2v) is 4.38. The van der Waals surface area contributed by atoms with Gasteiger partial charge in [-0.3, -0.25) is 0 Å². The molecule has 2 aromatic carbocycles. The Morgan fingerprint density at radius 2 is 1.90 bits per heavy atom. The highest BCUT2D eigenvalue weighted by Crippen LogP contribution is 2.21. The van der Waals surface area contributed by atoms with Crippen LogP contribution in [0.3, 0.4) is 0 Å². The maximum absolute atomic E-state index is 13.8. The lowest BCUT2D eigenvalue weighted by molar-refractivity contribution is 0.295. The van der Waals surface area contributed by atoms with Crippen molar-refractivity contribution in [2.45, 2.75) is 13.2 Å². The van der Waals surface area contributed by atoms with Gasteiger partial charge in [0.2, 0.25) is 0 Å². The highest BCUT2D eigenvalue weighted by atomic mass is 19.1. The molecule has 2 rings (SSSR count). The monoisotopic (exact) mass is 275 g/mol. The molecule has 0 aliphatic carbocycles. The Bertz CT molecular complexity index is 572. The Hall–Kier alpha value is -2.07. The molecule has 0 atom stereocenters. The van der Waals surface area contributed by atoms with E-state index in [1.807, 2.05) is 31.3 Å². The Morgan fingerprint density at radius 3 is 2.60 bits per heavy atom. The average molecular weight is 275 g/mol. The fraction of sp³-hybridized carbons (Fsp3) is 0.250. The molecule has 0 aromatic heterocycles. The van der Waals surface area contributed by atoms with Gasteiger partial charge in [-0.25, -0.2) is 4.39 Å². The highest BCUT2D eigenvalue weighted by Gasteiger charge is 2.07. The van der Waals surface area contributed by atoms with Gasteiger partial charge in [-0.15, -0.1) is 0 Å². The molecule has 3 nitrogen and oxygen atoms in total. The molecule has 0 aliphatic rings. The molecule has 0 heterocycles. The van der Waals surface area contributed by atoms with Crippen LogP contribution in [-0.4, -0.2) is 14.2 Å². The molecular weight excluding hydrogens is 257 g/mol. The lowest BCUT2D eigenvalue weighted by Gasteiger charge is -2.12. The van der Waals surface area contributed by atoms with Crippen molar-refractivity contribution in [2.75, 3.05) is 14.2 Å². The number of benzene rings is 2. The Labute approximate surface area is 118 Å². The predicted molar refractivity (Wildman–Crippen MR) is 76.5 cm³/mol. The molecule has 2 aromatic rings. The topological polar surface area (TPSA) is 30.5 Å². The lowest BCUT2D eigenvalue weighted by Crippen LogP contribution is -2.07. The van der Waals surface area contributed by atoms with Crippen LogP contribution in [0.4, 0.5) is 4.39 Å². The third-order valence-corrected chi connectivity index (χ3v) is 2.98. The van der Waals surface area contributed by atoms with Crippen LogP contribution >= 0.6 is 0 Å². The molecule has 0 saturated carbocycles. The van der Waals surface area contributed by atoms with E-state index in [4.69, 9.17) is 9.47 Å². The van der Waals surface area contributed by atoms with Crippen LogP contribution in [0, 0.1) is 5.82 Å². The molecule has 0 unspecified atom stereocenters. The molecule has 106 valence electrons. The Kier molecular flexibility index (Phi) is 4.96. The van der Waals surface area contributed by atoms with E-state index in [1.54, 1.807) is 12.1 Å². The zero-order chi connectivity index (χ0) is 14.4. The maximum atomic E-state index is 13.8. The minimum atomic E-state index is -0.324. The first-order valence-corrected chi connectivity index (χ1v) is 6.42. The van der Waals surface area contributed by atoms with E-state index in [1.165, 1.54) is 13.2 Å². The van der Waals surface area contributed by atoms with Crippen molar-refractivity contribution in [3.63, 3.8) is 0 Å². The summed E-state index contributed by atoms with van der Waals surface area (Å²) in [5.74, 6) is 0.939.